The molecule has 1 heterocycles. The first-order valence-corrected chi connectivity index (χ1v) is 4.10. The first-order valence-electron chi connectivity index (χ1n) is 4.10. The molecule has 0 spiro atoms. The molecule has 17 heavy (non-hydrogen) atoms. The second-order valence-electron chi connectivity index (χ2n) is 2.66. The average Bonchev–Trinajstić information content (AvgIpc) is 2.78. The van der Waals surface area contributed by atoms with Crippen LogP contribution in [0.15, 0.2) is 16.5 Å². The van der Waals surface area contributed by atoms with Gasteiger partial charge in [0.1, 0.15) is 4.92 Å². The molecule has 0 aliphatic carbocycles. The van der Waals surface area contributed by atoms with Crippen molar-refractivity contribution in [2.24, 2.45) is 0 Å². The lowest BCUT2D eigenvalue weighted by atomic mass is 10.2. The number of furan rings is 1. The highest BCUT2D eigenvalue weighted by Gasteiger charge is 2.34. The quantitative estimate of drug-likeness (QED) is 0.108. The number of nitro groups is 1. The SMILES string of the molecule is COC(=O)C(=[N+]=[N-])C(=O)c1ccc([N+](=O)[O-])o1. The molecule has 0 radical (unpaired) electrons. The predicted octanol–water partition coefficient (Wildman–Crippen LogP) is 0.214. The van der Waals surface area contributed by atoms with E-state index in [2.05, 4.69) is 13.9 Å². The molecule has 1 rings (SSSR count). The van der Waals surface area contributed by atoms with Crippen molar-refractivity contribution in [1.82, 2.24) is 0 Å². The van der Waals surface area contributed by atoms with Gasteiger partial charge in [0.05, 0.1) is 13.2 Å². The fraction of sp³-hybridized carbons (Fsp3) is 0.125. The summed E-state index contributed by atoms with van der Waals surface area (Å²) < 4.78 is 8.71. The highest BCUT2D eigenvalue weighted by Crippen LogP contribution is 2.16. The summed E-state index contributed by atoms with van der Waals surface area (Å²) in [5.41, 5.74) is 7.53. The molecule has 0 aliphatic rings. The van der Waals surface area contributed by atoms with Gasteiger partial charge in [0.25, 0.3) is 0 Å². The van der Waals surface area contributed by atoms with Crippen molar-refractivity contribution >= 4 is 23.3 Å². The first kappa shape index (κ1) is 12.3. The Morgan fingerprint density at radius 1 is 1.53 bits per heavy atom. The fourth-order valence-corrected chi connectivity index (χ4v) is 0.940. The van der Waals surface area contributed by atoms with E-state index in [1.165, 1.54) is 0 Å². The molecule has 0 aliphatic heterocycles. The number of methoxy groups -OCH3 is 1. The molecule has 0 N–H and O–H groups in total. The van der Waals surface area contributed by atoms with E-state index in [1.54, 1.807) is 0 Å². The van der Waals surface area contributed by atoms with E-state index in [4.69, 9.17) is 5.53 Å². The lowest BCUT2D eigenvalue weighted by Crippen LogP contribution is -2.26. The van der Waals surface area contributed by atoms with Gasteiger partial charge in [-0.15, -0.1) is 0 Å². The van der Waals surface area contributed by atoms with Crippen molar-refractivity contribution in [3.8, 4) is 0 Å². The number of carbonyl (C=O) groups excluding carboxylic acids is 2. The van der Waals surface area contributed by atoms with Gasteiger partial charge < -0.3 is 14.7 Å². The standard InChI is InChI=1S/C8H5N3O6/c1-16-8(13)6(10-9)7(12)4-2-3-5(17-4)11(14)15/h2-3H,1H3. The van der Waals surface area contributed by atoms with Gasteiger partial charge in [-0.25, -0.2) is 4.79 Å². The lowest BCUT2D eigenvalue weighted by molar-refractivity contribution is -0.402. The normalized spacial score (nSPS) is 9.24. The van der Waals surface area contributed by atoms with Crippen molar-refractivity contribution < 1.29 is 28.5 Å². The minimum atomic E-state index is -1.18. The third kappa shape index (κ3) is 2.41. The van der Waals surface area contributed by atoms with Crippen LogP contribution in [0.2, 0.25) is 0 Å². The van der Waals surface area contributed by atoms with Crippen molar-refractivity contribution in [3.63, 3.8) is 0 Å². The highest BCUT2D eigenvalue weighted by molar-refractivity contribution is 6.65. The number of hydrogen-bond acceptors (Lipinski definition) is 6. The van der Waals surface area contributed by atoms with Gasteiger partial charge >= 0.3 is 23.3 Å². The Labute approximate surface area is 93.4 Å². The molecule has 0 saturated carbocycles. The van der Waals surface area contributed by atoms with Gasteiger partial charge in [0.2, 0.25) is 0 Å². The van der Waals surface area contributed by atoms with Gasteiger partial charge in [-0.05, 0) is 6.07 Å². The summed E-state index contributed by atoms with van der Waals surface area (Å²) in [5.74, 6) is -3.48. The first-order chi connectivity index (χ1) is 8.01. The second kappa shape index (κ2) is 4.81. The van der Waals surface area contributed by atoms with Crippen LogP contribution in [0, 0.1) is 10.1 Å². The van der Waals surface area contributed by atoms with E-state index in [9.17, 15) is 19.7 Å². The smallest absolute Gasteiger partial charge is 0.449 e. The van der Waals surface area contributed by atoms with E-state index >= 15 is 0 Å². The summed E-state index contributed by atoms with van der Waals surface area (Å²) in [6.45, 7) is 0. The molecular weight excluding hydrogens is 234 g/mol. The summed E-state index contributed by atoms with van der Waals surface area (Å²) in [6.07, 6.45) is 0. The van der Waals surface area contributed by atoms with Crippen LogP contribution in [0.25, 0.3) is 5.53 Å². The van der Waals surface area contributed by atoms with Gasteiger partial charge in [0.15, 0.2) is 5.76 Å². The summed E-state index contributed by atoms with van der Waals surface area (Å²) in [6, 6.07) is 1.91. The van der Waals surface area contributed by atoms with Crippen LogP contribution in [-0.4, -0.2) is 34.3 Å². The molecule has 9 heteroatoms. The molecule has 0 atom stereocenters. The largest absolute Gasteiger partial charge is 0.460 e. The number of nitrogens with zero attached hydrogens (tertiary/aromatic N) is 3. The van der Waals surface area contributed by atoms with Crippen LogP contribution in [-0.2, 0) is 9.53 Å². The average molecular weight is 239 g/mol. The molecule has 88 valence electrons. The Hall–Kier alpha value is -2.80. The van der Waals surface area contributed by atoms with Crippen molar-refractivity contribution in [2.45, 2.75) is 0 Å². The maximum Gasteiger partial charge on any atom is 0.449 e. The second-order valence-corrected chi connectivity index (χ2v) is 2.66. The Bertz CT molecular complexity index is 539. The van der Waals surface area contributed by atoms with Crippen molar-refractivity contribution in [3.05, 3.63) is 33.5 Å². The molecule has 1 aromatic heterocycles. The minimum absolute atomic E-state index is 0.505. The van der Waals surface area contributed by atoms with Gasteiger partial charge in [-0.1, -0.05) is 0 Å². The minimum Gasteiger partial charge on any atom is -0.460 e. The lowest BCUT2D eigenvalue weighted by Gasteiger charge is -1.91. The summed E-state index contributed by atoms with van der Waals surface area (Å²) >= 11 is 0. The third-order valence-electron chi connectivity index (χ3n) is 1.69. The number of esters is 1. The Balaban J connectivity index is 3.07. The van der Waals surface area contributed by atoms with Gasteiger partial charge in [-0.2, -0.15) is 4.79 Å². The number of hydrogen-bond donors (Lipinski definition) is 0. The number of ketones is 1. The molecule has 9 nitrogen and oxygen atoms in total. The number of ether oxygens (including phenoxy) is 1. The number of Topliss-reactive ketones (excluding diaryl/α,β-unsaturated/α-hetero) is 1. The zero-order valence-electron chi connectivity index (χ0n) is 8.45. The van der Waals surface area contributed by atoms with Crippen LogP contribution < -0.4 is 0 Å². The summed E-state index contributed by atoms with van der Waals surface area (Å²) in [7, 11) is 0.978. The molecule has 0 bridgehead atoms. The molecule has 1 aromatic rings. The summed E-state index contributed by atoms with van der Waals surface area (Å²) in [5, 5.41) is 10.3. The zero-order chi connectivity index (χ0) is 13.0. The maximum atomic E-state index is 11.5. The molecule has 0 saturated heterocycles. The molecule has 0 fully saturated rings. The molecular formula is C8H5N3O6. The maximum absolute atomic E-state index is 11.5. The topological polar surface area (TPSA) is 136 Å². The van der Waals surface area contributed by atoms with E-state index in [1.807, 2.05) is 0 Å². The Morgan fingerprint density at radius 2 is 2.18 bits per heavy atom. The van der Waals surface area contributed by atoms with E-state index in [0.29, 0.717) is 0 Å². The van der Waals surface area contributed by atoms with Crippen molar-refractivity contribution in [2.75, 3.05) is 7.11 Å². The fourth-order valence-electron chi connectivity index (χ4n) is 0.940. The van der Waals surface area contributed by atoms with Crippen LogP contribution in [0.3, 0.4) is 0 Å². The van der Waals surface area contributed by atoms with E-state index in [0.717, 1.165) is 19.2 Å². The van der Waals surface area contributed by atoms with Gasteiger partial charge in [-0.3, -0.25) is 14.9 Å². The number of rotatable bonds is 4. The highest BCUT2D eigenvalue weighted by atomic mass is 16.6. The molecule has 0 aromatic carbocycles. The summed E-state index contributed by atoms with van der Waals surface area (Å²) in [4.78, 5) is 34.4. The zero-order valence-corrected chi connectivity index (χ0v) is 8.45. The van der Waals surface area contributed by atoms with Crippen LogP contribution in [0.5, 0.6) is 0 Å². The predicted molar refractivity (Wildman–Crippen MR) is 50.3 cm³/mol. The van der Waals surface area contributed by atoms with E-state index in [-0.39, 0.29) is 0 Å². The Morgan fingerprint density at radius 3 is 2.59 bits per heavy atom. The monoisotopic (exact) mass is 239 g/mol. The Kier molecular flexibility index (Phi) is 3.48. The third-order valence-corrected chi connectivity index (χ3v) is 1.69. The van der Waals surface area contributed by atoms with Crippen LogP contribution in [0.4, 0.5) is 5.88 Å². The van der Waals surface area contributed by atoms with Crippen LogP contribution in [0.1, 0.15) is 10.6 Å². The molecule has 0 unspecified atom stereocenters. The van der Waals surface area contributed by atoms with Gasteiger partial charge in [0, 0.05) is 0 Å². The van der Waals surface area contributed by atoms with Crippen LogP contribution >= 0.6 is 0 Å². The van der Waals surface area contributed by atoms with E-state index < -0.39 is 34.0 Å². The van der Waals surface area contributed by atoms with Crippen molar-refractivity contribution in [1.29, 1.82) is 0 Å². The number of carbonyl (C=O) groups is 2. The molecule has 0 amide bonds.